The summed E-state index contributed by atoms with van der Waals surface area (Å²) in [6.45, 7) is 2.19. The summed E-state index contributed by atoms with van der Waals surface area (Å²) in [5.41, 5.74) is 6.08. The minimum Gasteiger partial charge on any atom is -0.327 e. The second kappa shape index (κ2) is 9.03. The summed E-state index contributed by atoms with van der Waals surface area (Å²) in [6, 6.07) is 3.80. The second-order valence-corrected chi connectivity index (χ2v) is 5.22. The lowest BCUT2D eigenvalue weighted by atomic mass is 9.99. The van der Waals surface area contributed by atoms with Gasteiger partial charge in [0.2, 0.25) is 0 Å². The third kappa shape index (κ3) is 6.15. The molecule has 1 atom stereocenters. The second-order valence-electron chi connectivity index (χ2n) is 5.22. The fourth-order valence-electron chi connectivity index (χ4n) is 2.28. The number of rotatable bonds is 9. The highest BCUT2D eigenvalue weighted by molar-refractivity contribution is 5.20. The molecule has 0 amide bonds. The SMILES string of the molecule is CCCCCCCCC(N)Cc1c(F)cccc1F. The van der Waals surface area contributed by atoms with Gasteiger partial charge in [-0.05, 0) is 25.0 Å². The molecule has 0 saturated carbocycles. The summed E-state index contributed by atoms with van der Waals surface area (Å²) in [4.78, 5) is 0. The van der Waals surface area contributed by atoms with Crippen LogP contribution in [0, 0.1) is 11.6 Å². The molecular formula is C16H25F2N. The summed E-state index contributed by atoms with van der Waals surface area (Å²) in [7, 11) is 0. The molecular weight excluding hydrogens is 244 g/mol. The van der Waals surface area contributed by atoms with Crippen molar-refractivity contribution in [3.63, 3.8) is 0 Å². The maximum absolute atomic E-state index is 13.4. The summed E-state index contributed by atoms with van der Waals surface area (Å²) in [5.74, 6) is -0.975. The molecule has 0 fully saturated rings. The van der Waals surface area contributed by atoms with E-state index in [9.17, 15) is 8.78 Å². The molecule has 3 heteroatoms. The van der Waals surface area contributed by atoms with E-state index in [1.807, 2.05) is 0 Å². The first-order valence-electron chi connectivity index (χ1n) is 7.33. The zero-order valence-electron chi connectivity index (χ0n) is 11.8. The van der Waals surface area contributed by atoms with E-state index in [1.165, 1.54) is 43.9 Å². The van der Waals surface area contributed by atoms with Gasteiger partial charge in [-0.1, -0.05) is 51.5 Å². The van der Waals surface area contributed by atoms with Gasteiger partial charge in [0, 0.05) is 11.6 Å². The van der Waals surface area contributed by atoms with E-state index in [4.69, 9.17) is 5.73 Å². The van der Waals surface area contributed by atoms with E-state index in [-0.39, 0.29) is 18.0 Å². The number of hydrogen-bond donors (Lipinski definition) is 1. The Labute approximate surface area is 115 Å². The summed E-state index contributed by atoms with van der Waals surface area (Å²) in [6.07, 6.45) is 8.35. The lowest BCUT2D eigenvalue weighted by Crippen LogP contribution is -2.23. The van der Waals surface area contributed by atoms with E-state index >= 15 is 0 Å². The standard InChI is InChI=1S/C16H25F2N/c1-2-3-4-5-6-7-9-13(19)12-14-15(17)10-8-11-16(14)18/h8,10-11,13H,2-7,9,12,19H2,1H3. The predicted molar refractivity (Wildman–Crippen MR) is 76.0 cm³/mol. The van der Waals surface area contributed by atoms with Gasteiger partial charge < -0.3 is 5.73 Å². The Morgan fingerprint density at radius 2 is 1.58 bits per heavy atom. The van der Waals surface area contributed by atoms with Crippen LogP contribution < -0.4 is 5.73 Å². The van der Waals surface area contributed by atoms with E-state index < -0.39 is 11.6 Å². The molecule has 0 bridgehead atoms. The van der Waals surface area contributed by atoms with Crippen LogP contribution in [0.3, 0.4) is 0 Å². The zero-order chi connectivity index (χ0) is 14.1. The topological polar surface area (TPSA) is 26.0 Å². The highest BCUT2D eigenvalue weighted by Gasteiger charge is 2.12. The maximum atomic E-state index is 13.4. The minimum absolute atomic E-state index is 0.126. The summed E-state index contributed by atoms with van der Waals surface area (Å²) in [5, 5.41) is 0. The molecule has 0 aromatic heterocycles. The number of unbranched alkanes of at least 4 members (excludes halogenated alkanes) is 5. The molecule has 0 aliphatic heterocycles. The van der Waals surface area contributed by atoms with Crippen LogP contribution in [0.2, 0.25) is 0 Å². The molecule has 0 saturated heterocycles. The van der Waals surface area contributed by atoms with Gasteiger partial charge in [0.05, 0.1) is 0 Å². The minimum atomic E-state index is -0.488. The van der Waals surface area contributed by atoms with Crippen molar-refractivity contribution < 1.29 is 8.78 Å². The number of benzene rings is 1. The van der Waals surface area contributed by atoms with E-state index in [1.54, 1.807) is 0 Å². The molecule has 0 aliphatic carbocycles. The average Bonchev–Trinajstić information content (AvgIpc) is 2.38. The van der Waals surface area contributed by atoms with Gasteiger partial charge in [0.1, 0.15) is 11.6 Å². The molecule has 1 nitrogen and oxygen atoms in total. The number of halogens is 2. The van der Waals surface area contributed by atoms with Crippen molar-refractivity contribution in [1.82, 2.24) is 0 Å². The van der Waals surface area contributed by atoms with E-state index in [0.29, 0.717) is 0 Å². The fourth-order valence-corrected chi connectivity index (χ4v) is 2.28. The van der Waals surface area contributed by atoms with Crippen LogP contribution in [-0.4, -0.2) is 6.04 Å². The molecule has 1 aromatic rings. The van der Waals surface area contributed by atoms with Gasteiger partial charge in [0.15, 0.2) is 0 Å². The van der Waals surface area contributed by atoms with Crippen LogP contribution in [0.4, 0.5) is 8.78 Å². The van der Waals surface area contributed by atoms with Gasteiger partial charge in [-0.15, -0.1) is 0 Å². The molecule has 1 aromatic carbocycles. The Morgan fingerprint density at radius 3 is 2.21 bits per heavy atom. The lowest BCUT2D eigenvalue weighted by molar-refractivity contribution is 0.501. The molecule has 0 heterocycles. The predicted octanol–water partition coefficient (Wildman–Crippen LogP) is 4.59. The van der Waals surface area contributed by atoms with Crippen LogP contribution in [0.15, 0.2) is 18.2 Å². The Kier molecular flexibility index (Phi) is 7.65. The normalized spacial score (nSPS) is 12.6. The van der Waals surface area contributed by atoms with Crippen molar-refractivity contribution in [3.8, 4) is 0 Å². The van der Waals surface area contributed by atoms with Crippen molar-refractivity contribution in [2.24, 2.45) is 5.73 Å². The first-order valence-corrected chi connectivity index (χ1v) is 7.33. The third-order valence-electron chi connectivity index (χ3n) is 3.46. The molecule has 0 spiro atoms. The van der Waals surface area contributed by atoms with E-state index in [0.717, 1.165) is 19.3 Å². The van der Waals surface area contributed by atoms with Crippen molar-refractivity contribution in [2.75, 3.05) is 0 Å². The first kappa shape index (κ1) is 16.1. The molecule has 108 valence electrons. The fraction of sp³-hybridized carbons (Fsp3) is 0.625. The van der Waals surface area contributed by atoms with Gasteiger partial charge in [-0.25, -0.2) is 8.78 Å². The summed E-state index contributed by atoms with van der Waals surface area (Å²) < 4.78 is 26.9. The average molecular weight is 269 g/mol. The van der Waals surface area contributed by atoms with Gasteiger partial charge in [0.25, 0.3) is 0 Å². The van der Waals surface area contributed by atoms with Crippen LogP contribution in [-0.2, 0) is 6.42 Å². The van der Waals surface area contributed by atoms with Gasteiger partial charge >= 0.3 is 0 Å². The molecule has 1 unspecified atom stereocenters. The van der Waals surface area contributed by atoms with Crippen LogP contribution in [0.1, 0.15) is 57.4 Å². The summed E-state index contributed by atoms with van der Waals surface area (Å²) >= 11 is 0. The Balaban J connectivity index is 2.25. The van der Waals surface area contributed by atoms with Gasteiger partial charge in [-0.3, -0.25) is 0 Å². The Morgan fingerprint density at radius 1 is 1.00 bits per heavy atom. The third-order valence-corrected chi connectivity index (χ3v) is 3.46. The first-order chi connectivity index (χ1) is 9.15. The largest absolute Gasteiger partial charge is 0.327 e. The van der Waals surface area contributed by atoms with Gasteiger partial charge in [-0.2, -0.15) is 0 Å². The van der Waals surface area contributed by atoms with Crippen molar-refractivity contribution in [1.29, 1.82) is 0 Å². The molecule has 2 N–H and O–H groups in total. The highest BCUT2D eigenvalue weighted by Crippen LogP contribution is 2.16. The highest BCUT2D eigenvalue weighted by atomic mass is 19.1. The molecule has 0 radical (unpaired) electrons. The Bertz CT molecular complexity index is 346. The quantitative estimate of drug-likeness (QED) is 0.652. The lowest BCUT2D eigenvalue weighted by Gasteiger charge is -2.12. The molecule has 1 rings (SSSR count). The van der Waals surface area contributed by atoms with Crippen LogP contribution in [0.5, 0.6) is 0 Å². The van der Waals surface area contributed by atoms with Crippen molar-refractivity contribution in [2.45, 2.75) is 64.3 Å². The zero-order valence-corrected chi connectivity index (χ0v) is 11.8. The maximum Gasteiger partial charge on any atom is 0.129 e. The van der Waals surface area contributed by atoms with Crippen molar-refractivity contribution in [3.05, 3.63) is 35.4 Å². The monoisotopic (exact) mass is 269 g/mol. The van der Waals surface area contributed by atoms with Crippen LogP contribution in [0.25, 0.3) is 0 Å². The smallest absolute Gasteiger partial charge is 0.129 e. The number of nitrogens with two attached hydrogens (primary N) is 1. The Hall–Kier alpha value is -0.960. The molecule has 19 heavy (non-hydrogen) atoms. The van der Waals surface area contributed by atoms with Crippen molar-refractivity contribution >= 4 is 0 Å². The molecule has 0 aliphatic rings. The number of hydrogen-bond acceptors (Lipinski definition) is 1. The van der Waals surface area contributed by atoms with Crippen LogP contribution >= 0.6 is 0 Å². The van der Waals surface area contributed by atoms with E-state index in [2.05, 4.69) is 6.92 Å².